The third kappa shape index (κ3) is 3.44. The van der Waals surface area contributed by atoms with Crippen LogP contribution in [0.4, 0.5) is 0 Å². The molecule has 1 aliphatic carbocycles. The number of hydrogen-bond donors (Lipinski definition) is 0. The second-order valence-corrected chi connectivity index (χ2v) is 12.9. The van der Waals surface area contributed by atoms with E-state index in [-0.39, 0.29) is 0 Å². The van der Waals surface area contributed by atoms with Crippen LogP contribution in [0.3, 0.4) is 0 Å². The lowest BCUT2D eigenvalue weighted by Crippen LogP contribution is -2.09. The van der Waals surface area contributed by atoms with Crippen molar-refractivity contribution < 1.29 is 0 Å². The van der Waals surface area contributed by atoms with Crippen molar-refractivity contribution in [3.8, 4) is 28.3 Å². The number of aromatic nitrogens is 4. The van der Waals surface area contributed by atoms with Gasteiger partial charge in [-0.05, 0) is 48.2 Å². The molecule has 4 heteroatoms. The van der Waals surface area contributed by atoms with Crippen molar-refractivity contribution in [2.45, 2.75) is 12.8 Å². The molecule has 0 fully saturated rings. The van der Waals surface area contributed by atoms with E-state index in [1.807, 2.05) is 0 Å². The van der Waals surface area contributed by atoms with Crippen LogP contribution in [0.25, 0.3) is 94.3 Å². The van der Waals surface area contributed by atoms with Gasteiger partial charge in [-0.1, -0.05) is 121 Å². The van der Waals surface area contributed by atoms with Crippen LogP contribution >= 0.6 is 0 Å². The number of fused-ring (bicyclic) bond motifs is 11. The zero-order valence-electron chi connectivity index (χ0n) is 26.1. The van der Waals surface area contributed by atoms with Gasteiger partial charge in [-0.3, -0.25) is 4.57 Å². The molecule has 4 nitrogen and oxygen atoms in total. The Bertz CT molecular complexity index is 2930. The Kier molecular flexibility index (Phi) is 5.19. The first-order valence-corrected chi connectivity index (χ1v) is 16.7. The van der Waals surface area contributed by atoms with Gasteiger partial charge in [0.15, 0.2) is 0 Å². The highest BCUT2D eigenvalue weighted by molar-refractivity contribution is 6.34. The van der Waals surface area contributed by atoms with Crippen molar-refractivity contribution in [2.75, 3.05) is 0 Å². The van der Waals surface area contributed by atoms with E-state index in [1.165, 1.54) is 60.0 Å². The minimum absolute atomic E-state index is 0.722. The van der Waals surface area contributed by atoms with Gasteiger partial charge in [0.25, 0.3) is 0 Å². The van der Waals surface area contributed by atoms with Gasteiger partial charge in [-0.25, -0.2) is 9.97 Å². The van der Waals surface area contributed by atoms with Crippen molar-refractivity contribution in [2.24, 2.45) is 0 Å². The van der Waals surface area contributed by atoms with Gasteiger partial charge in [0.05, 0.1) is 39.0 Å². The molecule has 48 heavy (non-hydrogen) atoms. The molecule has 0 saturated heterocycles. The summed E-state index contributed by atoms with van der Waals surface area (Å²) in [5, 5.41) is 7.49. The van der Waals surface area contributed by atoms with Crippen molar-refractivity contribution >= 4 is 66.0 Å². The molecule has 0 amide bonds. The summed E-state index contributed by atoms with van der Waals surface area (Å²) >= 11 is 0. The fourth-order valence-electron chi connectivity index (χ4n) is 8.23. The fourth-order valence-corrected chi connectivity index (χ4v) is 8.23. The van der Waals surface area contributed by atoms with E-state index in [2.05, 4.69) is 155 Å². The Labute approximate surface area is 276 Å². The highest BCUT2D eigenvalue weighted by Crippen LogP contribution is 2.46. The summed E-state index contributed by atoms with van der Waals surface area (Å²) in [6, 6.07) is 48.1. The number of benzene rings is 6. The van der Waals surface area contributed by atoms with Crippen molar-refractivity contribution in [1.82, 2.24) is 18.9 Å². The van der Waals surface area contributed by atoms with E-state index in [1.54, 1.807) is 0 Å². The minimum atomic E-state index is 0.722. The Morgan fingerprint density at radius 1 is 0.500 bits per heavy atom. The molecular weight excluding hydrogens is 585 g/mol. The minimum Gasteiger partial charge on any atom is -0.308 e. The largest absolute Gasteiger partial charge is 0.308 e. The standard InChI is InChI=1S/C44H28N4/c1-2-12-27(13-3-1)28-22-24-29(25-23-28)41-32-16-4-8-18-36(32)45-44(46-41)48-38-20-10-6-15-31(38)35-26-34-30-14-5-9-19-37(30)47-39-21-11-7-17-33(39)40(42(34)47)43(35)48/h1-7,9-17,19-26H,8,18H2. The zero-order valence-corrected chi connectivity index (χ0v) is 26.1. The second-order valence-electron chi connectivity index (χ2n) is 12.9. The van der Waals surface area contributed by atoms with E-state index in [0.29, 0.717) is 0 Å². The van der Waals surface area contributed by atoms with Gasteiger partial charge >= 0.3 is 0 Å². The van der Waals surface area contributed by atoms with Crippen molar-refractivity contribution in [3.63, 3.8) is 0 Å². The summed E-state index contributed by atoms with van der Waals surface area (Å²) in [7, 11) is 0. The van der Waals surface area contributed by atoms with Crippen molar-refractivity contribution in [1.29, 1.82) is 0 Å². The Balaban J connectivity index is 1.26. The van der Waals surface area contributed by atoms with Crippen LogP contribution < -0.4 is 0 Å². The predicted octanol–water partition coefficient (Wildman–Crippen LogP) is 11.0. The maximum Gasteiger partial charge on any atom is 0.235 e. The van der Waals surface area contributed by atoms with Crippen LogP contribution in [0.1, 0.15) is 17.7 Å². The van der Waals surface area contributed by atoms with Gasteiger partial charge in [0, 0.05) is 43.4 Å². The molecule has 0 atom stereocenters. The first-order chi connectivity index (χ1) is 23.8. The van der Waals surface area contributed by atoms with Gasteiger partial charge in [0.1, 0.15) is 0 Å². The molecule has 1 aliphatic rings. The summed E-state index contributed by atoms with van der Waals surface area (Å²) in [4.78, 5) is 10.8. The molecule has 224 valence electrons. The Morgan fingerprint density at radius 3 is 1.90 bits per heavy atom. The molecule has 0 saturated carbocycles. The SMILES string of the molecule is C1=Cc2c(nc(-n3c4ccccc4c4cc5c6ccccc6n6c7ccccc7c(c43)c56)nc2-c2ccc(-c3ccccc3)cc2)CC1. The molecule has 0 radical (unpaired) electrons. The highest BCUT2D eigenvalue weighted by Gasteiger charge is 2.26. The van der Waals surface area contributed by atoms with Gasteiger partial charge in [-0.15, -0.1) is 0 Å². The number of aryl methyl sites for hydroxylation is 1. The Hall–Kier alpha value is -6.26. The number of nitrogens with zero attached hydrogens (tertiary/aromatic N) is 4. The summed E-state index contributed by atoms with van der Waals surface area (Å²) in [5.41, 5.74) is 12.7. The lowest BCUT2D eigenvalue weighted by Gasteiger charge is -2.17. The van der Waals surface area contributed by atoms with Gasteiger partial charge in [0.2, 0.25) is 5.95 Å². The van der Waals surface area contributed by atoms with Crippen LogP contribution in [0.5, 0.6) is 0 Å². The molecular formula is C44H28N4. The first kappa shape index (κ1) is 25.9. The normalized spacial score (nSPS) is 13.2. The molecule has 4 heterocycles. The number of allylic oxidation sites excluding steroid dienone is 1. The molecule has 0 N–H and O–H groups in total. The average Bonchev–Trinajstić information content (AvgIpc) is 3.79. The first-order valence-electron chi connectivity index (χ1n) is 16.7. The van der Waals surface area contributed by atoms with Crippen LogP contribution in [-0.2, 0) is 6.42 Å². The summed E-state index contributed by atoms with van der Waals surface area (Å²) in [5.74, 6) is 0.722. The predicted molar refractivity (Wildman–Crippen MR) is 199 cm³/mol. The smallest absolute Gasteiger partial charge is 0.235 e. The van der Waals surface area contributed by atoms with E-state index in [4.69, 9.17) is 9.97 Å². The van der Waals surface area contributed by atoms with E-state index < -0.39 is 0 Å². The van der Waals surface area contributed by atoms with Crippen molar-refractivity contribution in [3.05, 3.63) is 151 Å². The number of para-hydroxylation sites is 3. The summed E-state index contributed by atoms with van der Waals surface area (Å²) in [6.45, 7) is 0. The number of rotatable bonds is 3. The van der Waals surface area contributed by atoms with Crippen LogP contribution in [0.2, 0.25) is 0 Å². The number of hydrogen-bond acceptors (Lipinski definition) is 2. The van der Waals surface area contributed by atoms with Crippen LogP contribution in [-0.4, -0.2) is 18.9 Å². The lowest BCUT2D eigenvalue weighted by molar-refractivity contribution is 0.878. The summed E-state index contributed by atoms with van der Waals surface area (Å²) in [6.07, 6.45) is 6.33. The van der Waals surface area contributed by atoms with E-state index >= 15 is 0 Å². The van der Waals surface area contributed by atoms with Gasteiger partial charge in [-0.2, -0.15) is 0 Å². The molecule has 11 rings (SSSR count). The van der Waals surface area contributed by atoms with E-state index in [0.717, 1.165) is 52.3 Å². The molecule has 4 aromatic heterocycles. The quantitative estimate of drug-likeness (QED) is 0.199. The maximum atomic E-state index is 5.47. The molecule has 0 aliphatic heterocycles. The average molecular weight is 613 g/mol. The zero-order chi connectivity index (χ0) is 31.3. The third-order valence-electron chi connectivity index (χ3n) is 10.3. The fraction of sp³-hybridized carbons (Fsp3) is 0.0455. The highest BCUT2D eigenvalue weighted by atomic mass is 15.2. The maximum absolute atomic E-state index is 5.47. The van der Waals surface area contributed by atoms with Gasteiger partial charge < -0.3 is 4.40 Å². The lowest BCUT2D eigenvalue weighted by atomic mass is 9.96. The topological polar surface area (TPSA) is 35.1 Å². The van der Waals surface area contributed by atoms with Crippen LogP contribution in [0.15, 0.2) is 140 Å². The molecule has 0 bridgehead atoms. The molecule has 0 spiro atoms. The molecule has 0 unspecified atom stereocenters. The van der Waals surface area contributed by atoms with Crippen LogP contribution in [0, 0.1) is 0 Å². The monoisotopic (exact) mass is 612 g/mol. The summed E-state index contributed by atoms with van der Waals surface area (Å²) < 4.78 is 4.79. The molecule has 6 aromatic carbocycles. The Morgan fingerprint density at radius 2 is 1.10 bits per heavy atom. The molecule has 10 aromatic rings. The third-order valence-corrected chi connectivity index (χ3v) is 10.3. The second kappa shape index (κ2) is 9.63. The van der Waals surface area contributed by atoms with E-state index in [9.17, 15) is 0 Å².